The fourth-order valence-electron chi connectivity index (χ4n) is 2.66. The van der Waals surface area contributed by atoms with E-state index in [1.54, 1.807) is 19.2 Å². The highest BCUT2D eigenvalue weighted by Gasteiger charge is 2.19. The molecule has 0 atom stereocenters. The molecule has 1 heterocycles. The lowest BCUT2D eigenvalue weighted by molar-refractivity contribution is 0.372. The van der Waals surface area contributed by atoms with Crippen LogP contribution in [-0.2, 0) is 13.0 Å². The molecule has 3 nitrogen and oxygen atoms in total. The fourth-order valence-corrected chi connectivity index (χ4v) is 2.95. The van der Waals surface area contributed by atoms with E-state index in [0.717, 1.165) is 30.1 Å². The van der Waals surface area contributed by atoms with Gasteiger partial charge in [-0.3, -0.25) is 0 Å². The van der Waals surface area contributed by atoms with Crippen molar-refractivity contribution in [2.75, 3.05) is 13.7 Å². The van der Waals surface area contributed by atoms with E-state index in [4.69, 9.17) is 17.0 Å². The number of hydrogen-bond acceptors (Lipinski definition) is 3. The number of thiocarbonyl (C=S) groups is 1. The third kappa shape index (κ3) is 2.72. The summed E-state index contributed by atoms with van der Waals surface area (Å²) in [6.45, 7) is 1.75. The Kier molecular flexibility index (Phi) is 3.80. The van der Waals surface area contributed by atoms with Gasteiger partial charge in [0.25, 0.3) is 0 Å². The summed E-state index contributed by atoms with van der Waals surface area (Å²) in [4.78, 5) is 2.99. The summed E-state index contributed by atoms with van der Waals surface area (Å²) in [6, 6.07) is 13.7. The van der Waals surface area contributed by atoms with E-state index >= 15 is 0 Å². The van der Waals surface area contributed by atoms with Crippen LogP contribution in [0.1, 0.15) is 16.7 Å². The predicted molar refractivity (Wildman–Crippen MR) is 86.9 cm³/mol. The molecule has 1 N–H and O–H groups in total. The number of aromatic hydroxyl groups is 1. The second-order valence-corrected chi connectivity index (χ2v) is 5.52. The molecule has 3 rings (SSSR count). The monoisotopic (exact) mass is 299 g/mol. The first-order chi connectivity index (χ1) is 10.2. The predicted octanol–water partition coefficient (Wildman–Crippen LogP) is 3.13. The normalized spacial score (nSPS) is 13.7. The Labute approximate surface area is 129 Å². The third-order valence-electron chi connectivity index (χ3n) is 3.84. The molecule has 21 heavy (non-hydrogen) atoms. The van der Waals surface area contributed by atoms with Gasteiger partial charge in [-0.15, -0.1) is 0 Å². The summed E-state index contributed by atoms with van der Waals surface area (Å²) in [6.07, 6.45) is 1.01. The minimum atomic E-state index is 0.132. The van der Waals surface area contributed by atoms with Crippen LogP contribution in [0.2, 0.25) is 0 Å². The molecule has 0 aromatic heterocycles. The minimum absolute atomic E-state index is 0.132. The van der Waals surface area contributed by atoms with E-state index in [2.05, 4.69) is 29.2 Å². The van der Waals surface area contributed by atoms with Gasteiger partial charge in [0.1, 0.15) is 4.99 Å². The van der Waals surface area contributed by atoms with Gasteiger partial charge in [-0.25, -0.2) is 0 Å². The van der Waals surface area contributed by atoms with Crippen LogP contribution in [-0.4, -0.2) is 28.6 Å². The molecular formula is C17H17NO2S. The van der Waals surface area contributed by atoms with Crippen molar-refractivity contribution in [2.45, 2.75) is 13.0 Å². The number of rotatable bonds is 2. The molecule has 0 amide bonds. The number of methoxy groups -OCH3 is 1. The molecular weight excluding hydrogens is 282 g/mol. The van der Waals surface area contributed by atoms with E-state index < -0.39 is 0 Å². The van der Waals surface area contributed by atoms with Crippen LogP contribution < -0.4 is 4.74 Å². The van der Waals surface area contributed by atoms with Gasteiger partial charge in [0.05, 0.1) is 7.11 Å². The summed E-state index contributed by atoms with van der Waals surface area (Å²) < 4.78 is 5.15. The fraction of sp³-hybridized carbons (Fsp3) is 0.235. The van der Waals surface area contributed by atoms with Gasteiger partial charge in [-0.2, -0.15) is 0 Å². The highest BCUT2D eigenvalue weighted by Crippen LogP contribution is 2.28. The van der Waals surface area contributed by atoms with E-state index in [0.29, 0.717) is 5.75 Å². The summed E-state index contributed by atoms with van der Waals surface area (Å²) in [5.41, 5.74) is 3.63. The first-order valence-corrected chi connectivity index (χ1v) is 7.33. The summed E-state index contributed by atoms with van der Waals surface area (Å²) >= 11 is 5.61. The minimum Gasteiger partial charge on any atom is -0.504 e. The van der Waals surface area contributed by atoms with Crippen molar-refractivity contribution < 1.29 is 9.84 Å². The number of nitrogens with zero attached hydrogens (tertiary/aromatic N) is 1. The Hall–Kier alpha value is -2.07. The first kappa shape index (κ1) is 13.9. The average molecular weight is 299 g/mol. The maximum Gasteiger partial charge on any atom is 0.161 e. The van der Waals surface area contributed by atoms with Crippen molar-refractivity contribution in [3.8, 4) is 11.5 Å². The van der Waals surface area contributed by atoms with Crippen molar-refractivity contribution in [1.82, 2.24) is 4.90 Å². The molecule has 108 valence electrons. The zero-order valence-corrected chi connectivity index (χ0v) is 12.7. The third-order valence-corrected chi connectivity index (χ3v) is 4.34. The van der Waals surface area contributed by atoms with Crippen LogP contribution in [0.5, 0.6) is 11.5 Å². The lowest BCUT2D eigenvalue weighted by Crippen LogP contribution is -2.35. The van der Waals surface area contributed by atoms with Gasteiger partial charge < -0.3 is 14.7 Å². The molecule has 0 fully saturated rings. The Balaban J connectivity index is 1.84. The SMILES string of the molecule is COc1cc(C(=S)N2CCc3ccccc3C2)ccc1O. The number of benzene rings is 2. The Bertz CT molecular complexity index is 684. The van der Waals surface area contributed by atoms with Crippen LogP contribution in [0.25, 0.3) is 0 Å². The van der Waals surface area contributed by atoms with E-state index in [1.807, 2.05) is 6.07 Å². The van der Waals surface area contributed by atoms with Crippen molar-refractivity contribution in [1.29, 1.82) is 0 Å². The number of fused-ring (bicyclic) bond motifs is 1. The molecule has 0 unspecified atom stereocenters. The molecule has 0 saturated heterocycles. The lowest BCUT2D eigenvalue weighted by atomic mass is 9.99. The topological polar surface area (TPSA) is 32.7 Å². The van der Waals surface area contributed by atoms with Gasteiger partial charge in [0.2, 0.25) is 0 Å². The summed E-state index contributed by atoms with van der Waals surface area (Å²) in [5.74, 6) is 0.584. The zero-order chi connectivity index (χ0) is 14.8. The quantitative estimate of drug-likeness (QED) is 0.864. The van der Waals surface area contributed by atoms with Crippen LogP contribution >= 0.6 is 12.2 Å². The molecule has 0 aliphatic carbocycles. The molecule has 1 aliphatic rings. The lowest BCUT2D eigenvalue weighted by Gasteiger charge is -2.31. The van der Waals surface area contributed by atoms with Gasteiger partial charge in [-0.1, -0.05) is 36.5 Å². The maximum atomic E-state index is 9.68. The van der Waals surface area contributed by atoms with Gasteiger partial charge >= 0.3 is 0 Å². The second kappa shape index (κ2) is 5.74. The zero-order valence-electron chi connectivity index (χ0n) is 11.9. The van der Waals surface area contributed by atoms with Crippen LogP contribution in [0.15, 0.2) is 42.5 Å². The maximum absolute atomic E-state index is 9.68. The van der Waals surface area contributed by atoms with Crippen molar-refractivity contribution >= 4 is 17.2 Å². The smallest absolute Gasteiger partial charge is 0.161 e. The largest absolute Gasteiger partial charge is 0.504 e. The standard InChI is InChI=1S/C17H17NO2S/c1-20-16-10-13(6-7-15(16)19)17(21)18-9-8-12-4-2-3-5-14(12)11-18/h2-7,10,19H,8-9,11H2,1H3. The molecule has 0 radical (unpaired) electrons. The highest BCUT2D eigenvalue weighted by atomic mass is 32.1. The summed E-state index contributed by atoms with van der Waals surface area (Å²) in [7, 11) is 1.54. The number of ether oxygens (including phenoxy) is 1. The Morgan fingerprint density at radius 1 is 1.19 bits per heavy atom. The van der Waals surface area contributed by atoms with Gasteiger partial charge in [0, 0.05) is 18.7 Å². The number of hydrogen-bond donors (Lipinski definition) is 1. The summed E-state index contributed by atoms with van der Waals surface area (Å²) in [5, 5.41) is 9.68. The van der Waals surface area contributed by atoms with E-state index in [1.165, 1.54) is 11.1 Å². The molecule has 4 heteroatoms. The van der Waals surface area contributed by atoms with Gasteiger partial charge in [-0.05, 0) is 35.7 Å². The van der Waals surface area contributed by atoms with Crippen molar-refractivity contribution in [2.24, 2.45) is 0 Å². The Morgan fingerprint density at radius 3 is 2.71 bits per heavy atom. The molecule has 2 aromatic carbocycles. The Morgan fingerprint density at radius 2 is 1.95 bits per heavy atom. The number of phenols is 1. The van der Waals surface area contributed by atoms with Crippen molar-refractivity contribution in [3.05, 3.63) is 59.2 Å². The van der Waals surface area contributed by atoms with Crippen LogP contribution in [0, 0.1) is 0 Å². The first-order valence-electron chi connectivity index (χ1n) is 6.92. The highest BCUT2D eigenvalue weighted by molar-refractivity contribution is 7.80. The molecule has 0 saturated carbocycles. The molecule has 0 bridgehead atoms. The second-order valence-electron chi connectivity index (χ2n) is 5.13. The van der Waals surface area contributed by atoms with Crippen molar-refractivity contribution in [3.63, 3.8) is 0 Å². The number of phenolic OH excluding ortho intramolecular Hbond substituents is 1. The van der Waals surface area contributed by atoms with E-state index in [9.17, 15) is 5.11 Å². The van der Waals surface area contributed by atoms with Gasteiger partial charge in [0.15, 0.2) is 11.5 Å². The van der Waals surface area contributed by atoms with E-state index in [-0.39, 0.29) is 5.75 Å². The molecule has 1 aliphatic heterocycles. The molecule has 0 spiro atoms. The molecule has 2 aromatic rings. The van der Waals surface area contributed by atoms with Crippen LogP contribution in [0.3, 0.4) is 0 Å². The average Bonchev–Trinajstić information content (AvgIpc) is 2.54. The van der Waals surface area contributed by atoms with Crippen LogP contribution in [0.4, 0.5) is 0 Å².